The normalized spacial score (nSPS) is 14.6. The Hall–Kier alpha value is -1.78. The van der Waals surface area contributed by atoms with Gasteiger partial charge in [-0.1, -0.05) is 35.4 Å². The van der Waals surface area contributed by atoms with Crippen molar-refractivity contribution in [3.63, 3.8) is 0 Å². The molecular weight excluding hydrogens is 416 g/mol. The van der Waals surface area contributed by atoms with Crippen LogP contribution < -0.4 is 0 Å². The van der Waals surface area contributed by atoms with Gasteiger partial charge in [-0.05, 0) is 63.8 Å². The van der Waals surface area contributed by atoms with Crippen LogP contribution in [0.4, 0.5) is 0 Å². The van der Waals surface area contributed by atoms with Gasteiger partial charge in [0.1, 0.15) is 0 Å². The van der Waals surface area contributed by atoms with Gasteiger partial charge in [0.15, 0.2) is 0 Å². The number of benzene rings is 2. The molecule has 0 aliphatic heterocycles. The summed E-state index contributed by atoms with van der Waals surface area (Å²) < 4.78 is 71.2. The van der Waals surface area contributed by atoms with Gasteiger partial charge in [-0.2, -0.15) is 16.8 Å². The quantitative estimate of drug-likeness (QED) is 0.602. The van der Waals surface area contributed by atoms with Gasteiger partial charge in [-0.25, -0.2) is 0 Å². The van der Waals surface area contributed by atoms with Crippen LogP contribution in [0.1, 0.15) is 36.1 Å². The highest BCUT2D eigenvalue weighted by atomic mass is 32.2. The Morgan fingerprint density at radius 3 is 1.41 bits per heavy atom. The second-order valence-corrected chi connectivity index (χ2v) is 10.1. The van der Waals surface area contributed by atoms with Crippen LogP contribution in [0, 0.1) is 13.8 Å². The highest BCUT2D eigenvalue weighted by molar-refractivity contribution is 7.86. The molecule has 0 aromatic heterocycles. The first-order valence-electron chi connectivity index (χ1n) is 9.07. The third kappa shape index (κ3) is 6.61. The van der Waals surface area contributed by atoms with Crippen LogP contribution in [-0.4, -0.2) is 38.1 Å². The van der Waals surface area contributed by atoms with E-state index in [1.807, 2.05) is 13.8 Å². The van der Waals surface area contributed by atoms with E-state index in [9.17, 15) is 25.9 Å². The van der Waals surface area contributed by atoms with E-state index in [0.717, 1.165) is 11.1 Å². The van der Waals surface area contributed by atoms with Gasteiger partial charge in [0, 0.05) is 0 Å². The molecule has 9 heteroatoms. The van der Waals surface area contributed by atoms with Gasteiger partial charge in [0.25, 0.3) is 20.2 Å². The molecule has 0 fully saturated rings. The van der Waals surface area contributed by atoms with Crippen LogP contribution in [0.25, 0.3) is 0 Å². The molecule has 7 nitrogen and oxygen atoms in total. The SMILES string of the molecule is Cc1ccc(S(=O)(=O)O)c(CC(C)OC(C)Cc2cc(C)ccc2S(=O)(=O)O)c1. The monoisotopic (exact) mass is 442 g/mol. The number of hydrogen-bond donors (Lipinski definition) is 2. The van der Waals surface area contributed by atoms with Crippen molar-refractivity contribution in [1.29, 1.82) is 0 Å². The fourth-order valence-corrected chi connectivity index (χ4v) is 4.78. The molecule has 0 aliphatic carbocycles. The minimum absolute atomic E-state index is 0.154. The fraction of sp³-hybridized carbons (Fsp3) is 0.400. The lowest BCUT2D eigenvalue weighted by Crippen LogP contribution is -2.22. The van der Waals surface area contributed by atoms with Crippen molar-refractivity contribution >= 4 is 20.2 Å². The summed E-state index contributed by atoms with van der Waals surface area (Å²) in [6, 6.07) is 9.31. The summed E-state index contributed by atoms with van der Waals surface area (Å²) in [5, 5.41) is 0. The van der Waals surface area contributed by atoms with Gasteiger partial charge in [-0.3, -0.25) is 9.11 Å². The van der Waals surface area contributed by atoms with E-state index in [1.54, 1.807) is 38.1 Å². The molecule has 0 spiro atoms. The van der Waals surface area contributed by atoms with E-state index >= 15 is 0 Å². The minimum Gasteiger partial charge on any atom is -0.375 e. The topological polar surface area (TPSA) is 118 Å². The fourth-order valence-electron chi connectivity index (χ4n) is 3.35. The summed E-state index contributed by atoms with van der Waals surface area (Å²) in [6.45, 7) is 7.18. The standard InChI is InChI=1S/C20H26O7S2/c1-13-5-7-19(28(21,22)23)17(9-13)11-15(3)27-16(4)12-18-10-14(2)6-8-20(18)29(24,25)26/h5-10,15-16H,11-12H2,1-4H3,(H,21,22,23)(H,24,25,26). The van der Waals surface area contributed by atoms with Gasteiger partial charge >= 0.3 is 0 Å². The zero-order valence-corrected chi connectivity index (χ0v) is 18.4. The molecule has 2 aromatic carbocycles. The molecule has 2 unspecified atom stereocenters. The number of hydrogen-bond acceptors (Lipinski definition) is 5. The second kappa shape index (κ2) is 8.93. The lowest BCUT2D eigenvalue weighted by atomic mass is 10.0. The van der Waals surface area contributed by atoms with E-state index in [0.29, 0.717) is 11.1 Å². The van der Waals surface area contributed by atoms with Crippen molar-refractivity contribution in [3.8, 4) is 0 Å². The molecule has 0 bridgehead atoms. The predicted molar refractivity (Wildman–Crippen MR) is 109 cm³/mol. The van der Waals surface area contributed by atoms with Crippen LogP contribution >= 0.6 is 0 Å². The molecule has 2 aromatic rings. The Labute approximate surface area is 172 Å². The Balaban J connectivity index is 2.17. The number of rotatable bonds is 8. The molecular formula is C20H26O7S2. The van der Waals surface area contributed by atoms with Crippen molar-refractivity contribution in [2.24, 2.45) is 0 Å². The van der Waals surface area contributed by atoms with Gasteiger partial charge in [-0.15, -0.1) is 0 Å². The highest BCUT2D eigenvalue weighted by Gasteiger charge is 2.21. The van der Waals surface area contributed by atoms with Crippen molar-refractivity contribution in [2.45, 2.75) is 62.5 Å². The number of ether oxygens (including phenoxy) is 1. The molecule has 2 atom stereocenters. The third-order valence-corrected chi connectivity index (χ3v) is 6.38. The van der Waals surface area contributed by atoms with Crippen molar-refractivity contribution in [1.82, 2.24) is 0 Å². The Bertz CT molecular complexity index is 1000. The molecule has 0 radical (unpaired) electrons. The smallest absolute Gasteiger partial charge is 0.294 e. The molecule has 0 heterocycles. The van der Waals surface area contributed by atoms with E-state index in [1.165, 1.54) is 12.1 Å². The maximum atomic E-state index is 11.6. The highest BCUT2D eigenvalue weighted by Crippen LogP contribution is 2.23. The summed E-state index contributed by atoms with van der Waals surface area (Å²) >= 11 is 0. The molecule has 0 aliphatic rings. The molecule has 160 valence electrons. The van der Waals surface area contributed by atoms with Crippen LogP contribution in [-0.2, 0) is 37.8 Å². The zero-order chi connectivity index (χ0) is 22.0. The predicted octanol–water partition coefficient (Wildman–Crippen LogP) is 3.38. The average Bonchev–Trinajstić information content (AvgIpc) is 2.52. The second-order valence-electron chi connectivity index (χ2n) is 7.34. The Morgan fingerprint density at radius 2 is 1.10 bits per heavy atom. The molecule has 0 saturated heterocycles. The van der Waals surface area contributed by atoms with Gasteiger partial charge < -0.3 is 4.74 Å². The van der Waals surface area contributed by atoms with E-state index < -0.39 is 32.4 Å². The first-order chi connectivity index (χ1) is 13.3. The maximum Gasteiger partial charge on any atom is 0.294 e. The molecule has 0 saturated carbocycles. The molecule has 2 N–H and O–H groups in total. The zero-order valence-electron chi connectivity index (χ0n) is 16.8. The summed E-state index contributed by atoms with van der Waals surface area (Å²) in [5.41, 5.74) is 2.60. The first-order valence-corrected chi connectivity index (χ1v) is 11.9. The van der Waals surface area contributed by atoms with Gasteiger partial charge in [0.2, 0.25) is 0 Å². The van der Waals surface area contributed by atoms with Crippen molar-refractivity contribution in [2.75, 3.05) is 0 Å². The third-order valence-electron chi connectivity index (χ3n) is 4.47. The maximum absolute atomic E-state index is 11.6. The largest absolute Gasteiger partial charge is 0.375 e. The lowest BCUT2D eigenvalue weighted by molar-refractivity contribution is 0.00884. The molecule has 2 rings (SSSR count). The molecule has 0 amide bonds. The summed E-state index contributed by atoms with van der Waals surface area (Å²) in [6.07, 6.45) is -0.294. The van der Waals surface area contributed by atoms with Crippen molar-refractivity contribution in [3.05, 3.63) is 58.7 Å². The Morgan fingerprint density at radius 1 is 0.759 bits per heavy atom. The van der Waals surface area contributed by atoms with Crippen LogP contribution in [0.2, 0.25) is 0 Å². The average molecular weight is 443 g/mol. The van der Waals surface area contributed by atoms with Gasteiger partial charge in [0.05, 0.1) is 22.0 Å². The summed E-state index contributed by atoms with van der Waals surface area (Å²) in [5.74, 6) is 0. The van der Waals surface area contributed by atoms with E-state index in [2.05, 4.69) is 0 Å². The van der Waals surface area contributed by atoms with Crippen LogP contribution in [0.3, 0.4) is 0 Å². The van der Waals surface area contributed by atoms with E-state index in [-0.39, 0.29) is 22.6 Å². The first kappa shape index (κ1) is 23.5. The van der Waals surface area contributed by atoms with Crippen LogP contribution in [0.15, 0.2) is 46.2 Å². The van der Waals surface area contributed by atoms with Crippen LogP contribution in [0.5, 0.6) is 0 Å². The summed E-state index contributed by atoms with van der Waals surface area (Å²) in [7, 11) is -8.70. The number of aryl methyl sites for hydroxylation is 2. The van der Waals surface area contributed by atoms with E-state index in [4.69, 9.17) is 4.74 Å². The lowest BCUT2D eigenvalue weighted by Gasteiger charge is -2.21. The minimum atomic E-state index is -4.35. The van der Waals surface area contributed by atoms with Crippen molar-refractivity contribution < 1.29 is 30.7 Å². The summed E-state index contributed by atoms with van der Waals surface area (Å²) in [4.78, 5) is -0.308. The molecule has 29 heavy (non-hydrogen) atoms. The Kier molecular flexibility index (Phi) is 7.23.